The highest BCUT2D eigenvalue weighted by Crippen LogP contribution is 2.18. The molecule has 0 unspecified atom stereocenters. The molecule has 0 aliphatic carbocycles. The monoisotopic (exact) mass is 380 g/mol. The van der Waals surface area contributed by atoms with E-state index in [9.17, 15) is 14.4 Å². The highest BCUT2D eigenvalue weighted by molar-refractivity contribution is 5.94. The van der Waals surface area contributed by atoms with E-state index in [2.05, 4.69) is 5.32 Å². The zero-order chi connectivity index (χ0) is 19.9. The van der Waals surface area contributed by atoms with Crippen LogP contribution >= 0.6 is 0 Å². The quantitative estimate of drug-likeness (QED) is 0.747. The predicted octanol–water partition coefficient (Wildman–Crippen LogP) is 3.42. The minimum absolute atomic E-state index is 0.0566. The molecule has 0 spiro atoms. The molecule has 3 rings (SSSR count). The van der Waals surface area contributed by atoms with Gasteiger partial charge in [-0.25, -0.2) is 0 Å². The van der Waals surface area contributed by atoms with Crippen molar-refractivity contribution < 1.29 is 19.1 Å². The SMILES string of the molecule is CC(=O)c1cccc(OCC(=O)Nc2cccc(CN3CCCCC3=O)c2)c1. The Morgan fingerprint density at radius 3 is 2.71 bits per heavy atom. The Kier molecular flexibility index (Phi) is 6.42. The number of carbonyl (C=O) groups is 3. The van der Waals surface area contributed by atoms with Crippen molar-refractivity contribution in [2.45, 2.75) is 32.7 Å². The number of hydrogen-bond donors (Lipinski definition) is 1. The summed E-state index contributed by atoms with van der Waals surface area (Å²) in [5.74, 6) is 0.306. The molecule has 2 amide bonds. The van der Waals surface area contributed by atoms with Crippen LogP contribution in [0.1, 0.15) is 42.1 Å². The second kappa shape index (κ2) is 9.17. The van der Waals surface area contributed by atoms with Crippen LogP contribution in [0.2, 0.25) is 0 Å². The van der Waals surface area contributed by atoms with Crippen LogP contribution in [0.15, 0.2) is 48.5 Å². The van der Waals surface area contributed by atoms with E-state index in [4.69, 9.17) is 4.74 Å². The minimum atomic E-state index is -0.292. The van der Waals surface area contributed by atoms with Crippen LogP contribution in [0, 0.1) is 0 Å². The van der Waals surface area contributed by atoms with Crippen LogP contribution in [-0.4, -0.2) is 35.6 Å². The Morgan fingerprint density at radius 1 is 1.11 bits per heavy atom. The van der Waals surface area contributed by atoms with Crippen LogP contribution in [0.5, 0.6) is 5.75 Å². The van der Waals surface area contributed by atoms with Crippen LogP contribution in [0.25, 0.3) is 0 Å². The van der Waals surface area contributed by atoms with Crippen LogP contribution in [0.3, 0.4) is 0 Å². The Balaban J connectivity index is 1.54. The smallest absolute Gasteiger partial charge is 0.262 e. The normalized spacial score (nSPS) is 13.9. The van der Waals surface area contributed by atoms with Gasteiger partial charge in [0, 0.05) is 30.8 Å². The third-order valence-electron chi connectivity index (χ3n) is 4.62. The third kappa shape index (κ3) is 5.42. The van der Waals surface area contributed by atoms with Crippen molar-refractivity contribution in [3.8, 4) is 5.75 Å². The number of carbonyl (C=O) groups excluding carboxylic acids is 3. The van der Waals surface area contributed by atoms with Crippen molar-refractivity contribution in [3.05, 3.63) is 59.7 Å². The summed E-state index contributed by atoms with van der Waals surface area (Å²) >= 11 is 0. The van der Waals surface area contributed by atoms with Gasteiger partial charge in [-0.15, -0.1) is 0 Å². The molecule has 6 nitrogen and oxygen atoms in total. The first-order chi connectivity index (χ1) is 13.5. The molecule has 1 aliphatic heterocycles. The molecule has 28 heavy (non-hydrogen) atoms. The van der Waals surface area contributed by atoms with E-state index >= 15 is 0 Å². The topological polar surface area (TPSA) is 75.7 Å². The Morgan fingerprint density at radius 2 is 1.93 bits per heavy atom. The molecule has 1 saturated heterocycles. The van der Waals surface area contributed by atoms with Gasteiger partial charge in [0.05, 0.1) is 0 Å². The molecule has 146 valence electrons. The minimum Gasteiger partial charge on any atom is -0.484 e. The van der Waals surface area contributed by atoms with Gasteiger partial charge in [0.1, 0.15) is 5.75 Å². The molecule has 0 saturated carbocycles. The molecule has 0 bridgehead atoms. The van der Waals surface area contributed by atoms with E-state index in [0.29, 0.717) is 30.0 Å². The molecule has 1 fully saturated rings. The summed E-state index contributed by atoms with van der Waals surface area (Å²) in [4.78, 5) is 37.4. The number of amides is 2. The van der Waals surface area contributed by atoms with Gasteiger partial charge >= 0.3 is 0 Å². The molecule has 6 heteroatoms. The zero-order valence-electron chi connectivity index (χ0n) is 15.9. The van der Waals surface area contributed by atoms with Gasteiger partial charge in [-0.1, -0.05) is 24.3 Å². The lowest BCUT2D eigenvalue weighted by atomic mass is 10.1. The first-order valence-corrected chi connectivity index (χ1v) is 9.41. The zero-order valence-corrected chi connectivity index (χ0v) is 15.9. The lowest BCUT2D eigenvalue weighted by Gasteiger charge is -2.26. The standard InChI is InChI=1S/C22H24N2O4/c1-16(25)18-7-5-9-20(13-18)28-15-21(26)23-19-8-4-6-17(12-19)14-24-11-3-2-10-22(24)27/h4-9,12-13H,2-3,10-11,14-15H2,1H3,(H,23,26). The lowest BCUT2D eigenvalue weighted by molar-refractivity contribution is -0.133. The first-order valence-electron chi connectivity index (χ1n) is 9.41. The Hall–Kier alpha value is -3.15. The second-order valence-electron chi connectivity index (χ2n) is 6.89. The summed E-state index contributed by atoms with van der Waals surface area (Å²) < 4.78 is 5.48. The number of piperidine rings is 1. The van der Waals surface area contributed by atoms with Gasteiger partial charge in [0.2, 0.25) is 5.91 Å². The number of nitrogens with zero attached hydrogens (tertiary/aromatic N) is 1. The maximum absolute atomic E-state index is 12.2. The van der Waals surface area contributed by atoms with Crippen LogP contribution < -0.4 is 10.1 Å². The molecular weight excluding hydrogens is 356 g/mol. The second-order valence-corrected chi connectivity index (χ2v) is 6.89. The predicted molar refractivity (Wildman–Crippen MR) is 106 cm³/mol. The maximum atomic E-state index is 12.2. The highest BCUT2D eigenvalue weighted by Gasteiger charge is 2.18. The molecule has 0 aromatic heterocycles. The largest absolute Gasteiger partial charge is 0.484 e. The summed E-state index contributed by atoms with van der Waals surface area (Å²) in [7, 11) is 0. The van der Waals surface area contributed by atoms with Crippen LogP contribution in [0.4, 0.5) is 5.69 Å². The number of anilines is 1. The van der Waals surface area contributed by atoms with Gasteiger partial charge in [-0.05, 0) is 49.6 Å². The molecule has 2 aromatic carbocycles. The average molecular weight is 380 g/mol. The van der Waals surface area contributed by atoms with E-state index in [0.717, 1.165) is 24.9 Å². The number of nitrogens with one attached hydrogen (secondary N) is 1. The first kappa shape index (κ1) is 19.6. The van der Waals surface area contributed by atoms with E-state index in [-0.39, 0.29) is 24.2 Å². The number of ether oxygens (including phenoxy) is 1. The molecule has 1 N–H and O–H groups in total. The summed E-state index contributed by atoms with van der Waals surface area (Å²) in [6.45, 7) is 2.66. The number of hydrogen-bond acceptors (Lipinski definition) is 4. The number of rotatable bonds is 7. The van der Waals surface area contributed by atoms with E-state index in [1.54, 1.807) is 30.3 Å². The summed E-state index contributed by atoms with van der Waals surface area (Å²) in [6.07, 6.45) is 2.60. The fourth-order valence-corrected chi connectivity index (χ4v) is 3.15. The van der Waals surface area contributed by atoms with Crippen molar-refractivity contribution in [1.82, 2.24) is 4.90 Å². The Labute approximate surface area is 164 Å². The fraction of sp³-hybridized carbons (Fsp3) is 0.318. The van der Waals surface area contributed by atoms with Gasteiger partial charge in [0.25, 0.3) is 5.91 Å². The Bertz CT molecular complexity index is 878. The van der Waals surface area contributed by atoms with Crippen molar-refractivity contribution in [2.75, 3.05) is 18.5 Å². The number of likely N-dealkylation sites (tertiary alicyclic amines) is 1. The van der Waals surface area contributed by atoms with E-state index in [1.165, 1.54) is 6.92 Å². The van der Waals surface area contributed by atoms with Gasteiger partial charge in [-0.3, -0.25) is 14.4 Å². The molecular formula is C22H24N2O4. The molecule has 0 atom stereocenters. The average Bonchev–Trinajstić information content (AvgIpc) is 2.69. The molecule has 1 aliphatic rings. The lowest BCUT2D eigenvalue weighted by Crippen LogP contribution is -2.34. The van der Waals surface area contributed by atoms with E-state index in [1.807, 2.05) is 23.1 Å². The number of Topliss-reactive ketones (excluding diaryl/α,β-unsaturated/α-hetero) is 1. The summed E-state index contributed by atoms with van der Waals surface area (Å²) in [5, 5.41) is 2.80. The van der Waals surface area contributed by atoms with Gasteiger partial charge < -0.3 is 15.0 Å². The van der Waals surface area contributed by atoms with Crippen LogP contribution in [-0.2, 0) is 16.1 Å². The molecule has 1 heterocycles. The molecule has 0 radical (unpaired) electrons. The fourth-order valence-electron chi connectivity index (χ4n) is 3.15. The van der Waals surface area contributed by atoms with Crippen molar-refractivity contribution in [3.63, 3.8) is 0 Å². The van der Waals surface area contributed by atoms with Crippen molar-refractivity contribution >= 4 is 23.3 Å². The highest BCUT2D eigenvalue weighted by atomic mass is 16.5. The maximum Gasteiger partial charge on any atom is 0.262 e. The third-order valence-corrected chi connectivity index (χ3v) is 4.62. The van der Waals surface area contributed by atoms with Crippen molar-refractivity contribution in [1.29, 1.82) is 0 Å². The molecule has 2 aromatic rings. The van der Waals surface area contributed by atoms with Crippen molar-refractivity contribution in [2.24, 2.45) is 0 Å². The summed E-state index contributed by atoms with van der Waals surface area (Å²) in [6, 6.07) is 14.2. The number of benzene rings is 2. The van der Waals surface area contributed by atoms with Gasteiger partial charge in [-0.2, -0.15) is 0 Å². The van der Waals surface area contributed by atoms with Gasteiger partial charge in [0.15, 0.2) is 12.4 Å². The summed E-state index contributed by atoms with van der Waals surface area (Å²) in [5.41, 5.74) is 2.18. The number of ketones is 1. The van der Waals surface area contributed by atoms with E-state index < -0.39 is 0 Å².